The molecule has 0 radical (unpaired) electrons. The van der Waals surface area contributed by atoms with Crippen LogP contribution in [0.25, 0.3) is 6.08 Å². The van der Waals surface area contributed by atoms with Crippen LogP contribution in [0.3, 0.4) is 0 Å². The first-order valence-electron chi connectivity index (χ1n) is 8.42. The molecule has 0 aromatic heterocycles. The number of β-amino-alcohol motifs (C(OH)–C–C–N with tert-alkyl or cyclic N) is 1. The number of hydrogen-bond donors (Lipinski definition) is 1. The van der Waals surface area contributed by atoms with E-state index in [1.54, 1.807) is 0 Å². The number of aliphatic hydroxyl groups excluding tert-OH is 1. The maximum Gasteiger partial charge on any atom is 0.313 e. The Kier molecular flexibility index (Phi) is 6.81. The van der Waals surface area contributed by atoms with Crippen LogP contribution in [-0.2, 0) is 9.53 Å². The number of carbonyl (C=O) groups is 1. The maximum absolute atomic E-state index is 12.6. The number of hydrogen-bond acceptors (Lipinski definition) is 4. The van der Waals surface area contributed by atoms with Gasteiger partial charge in [-0.3, -0.25) is 9.69 Å². The Bertz CT molecular complexity index is 513. The Morgan fingerprint density at radius 1 is 1.39 bits per heavy atom. The van der Waals surface area contributed by atoms with Gasteiger partial charge in [0.1, 0.15) is 0 Å². The number of carbonyl (C=O) groups excluding carboxylic acids is 1. The lowest BCUT2D eigenvalue weighted by Crippen LogP contribution is -2.49. The van der Waals surface area contributed by atoms with Crippen molar-refractivity contribution in [3.63, 3.8) is 0 Å². The lowest BCUT2D eigenvalue weighted by molar-refractivity contribution is -0.159. The molecule has 0 aliphatic carbocycles. The molecule has 1 N–H and O–H groups in total. The number of likely N-dealkylation sites (tertiary alicyclic amines) is 1. The fourth-order valence-electron chi connectivity index (χ4n) is 3.24. The van der Waals surface area contributed by atoms with Crippen molar-refractivity contribution >= 4 is 12.0 Å². The minimum absolute atomic E-state index is 0.111. The molecule has 1 saturated heterocycles. The highest BCUT2D eigenvalue weighted by atomic mass is 16.5. The van der Waals surface area contributed by atoms with E-state index in [0.29, 0.717) is 26.1 Å². The number of nitrogens with zero attached hydrogens (tertiary/aromatic N) is 1. The fourth-order valence-corrected chi connectivity index (χ4v) is 3.24. The second-order valence-corrected chi connectivity index (χ2v) is 6.12. The first kappa shape index (κ1) is 17.7. The number of benzene rings is 1. The Balaban J connectivity index is 2.10. The molecule has 0 amide bonds. The van der Waals surface area contributed by atoms with E-state index in [4.69, 9.17) is 4.74 Å². The second kappa shape index (κ2) is 8.85. The molecule has 2 rings (SSSR count). The summed E-state index contributed by atoms with van der Waals surface area (Å²) in [7, 11) is 0. The van der Waals surface area contributed by atoms with Crippen LogP contribution in [0, 0.1) is 5.41 Å². The van der Waals surface area contributed by atoms with E-state index in [2.05, 4.69) is 17.1 Å². The van der Waals surface area contributed by atoms with Gasteiger partial charge in [0, 0.05) is 13.1 Å². The molecule has 1 heterocycles. The molecule has 1 atom stereocenters. The van der Waals surface area contributed by atoms with Crippen LogP contribution in [0.15, 0.2) is 36.4 Å². The number of esters is 1. The van der Waals surface area contributed by atoms with E-state index >= 15 is 0 Å². The predicted molar refractivity (Wildman–Crippen MR) is 91.9 cm³/mol. The number of ether oxygens (including phenoxy) is 1. The van der Waals surface area contributed by atoms with Gasteiger partial charge < -0.3 is 9.84 Å². The highest BCUT2D eigenvalue weighted by molar-refractivity contribution is 5.77. The lowest BCUT2D eigenvalue weighted by Gasteiger charge is -2.40. The summed E-state index contributed by atoms with van der Waals surface area (Å²) in [4.78, 5) is 14.7. The number of rotatable bonds is 7. The summed E-state index contributed by atoms with van der Waals surface area (Å²) in [6.07, 6.45) is 6.61. The van der Waals surface area contributed by atoms with Crippen LogP contribution in [0.4, 0.5) is 0 Å². The monoisotopic (exact) mass is 317 g/mol. The molecular formula is C19H27NO3. The zero-order valence-corrected chi connectivity index (χ0v) is 13.9. The second-order valence-electron chi connectivity index (χ2n) is 6.12. The number of piperidine rings is 1. The van der Waals surface area contributed by atoms with Crippen molar-refractivity contribution in [3.05, 3.63) is 42.0 Å². The summed E-state index contributed by atoms with van der Waals surface area (Å²) in [5.74, 6) is -0.111. The third-order valence-corrected chi connectivity index (χ3v) is 4.40. The van der Waals surface area contributed by atoms with Gasteiger partial charge in [0.15, 0.2) is 0 Å². The van der Waals surface area contributed by atoms with Crippen molar-refractivity contribution in [1.29, 1.82) is 0 Å². The van der Waals surface area contributed by atoms with Crippen molar-refractivity contribution in [2.24, 2.45) is 5.41 Å². The molecular weight excluding hydrogens is 290 g/mol. The number of allylic oxidation sites excluding steroid dienone is 1. The van der Waals surface area contributed by atoms with Crippen LogP contribution >= 0.6 is 0 Å². The summed E-state index contributed by atoms with van der Waals surface area (Å²) in [6.45, 7) is 4.58. The van der Waals surface area contributed by atoms with Crippen molar-refractivity contribution in [2.45, 2.75) is 26.2 Å². The molecule has 1 fully saturated rings. The summed E-state index contributed by atoms with van der Waals surface area (Å²) >= 11 is 0. The molecule has 1 aliphatic rings. The van der Waals surface area contributed by atoms with Gasteiger partial charge in [0.2, 0.25) is 0 Å². The summed E-state index contributed by atoms with van der Waals surface area (Å²) in [6, 6.07) is 10.1. The molecule has 1 aromatic rings. The molecule has 0 unspecified atom stereocenters. The SMILES string of the molecule is CCOC(=O)[C@]1(C/C=C/c2ccccc2)CCCN(CCO)C1. The van der Waals surface area contributed by atoms with E-state index in [9.17, 15) is 9.90 Å². The quantitative estimate of drug-likeness (QED) is 0.786. The largest absolute Gasteiger partial charge is 0.466 e. The first-order chi connectivity index (χ1) is 11.2. The fraction of sp³-hybridized carbons (Fsp3) is 0.526. The van der Waals surface area contributed by atoms with E-state index in [-0.39, 0.29) is 12.6 Å². The average molecular weight is 317 g/mol. The third kappa shape index (κ3) is 4.91. The highest BCUT2D eigenvalue weighted by Crippen LogP contribution is 2.35. The topological polar surface area (TPSA) is 49.8 Å². The van der Waals surface area contributed by atoms with Crippen molar-refractivity contribution in [3.8, 4) is 0 Å². The zero-order valence-electron chi connectivity index (χ0n) is 13.9. The first-order valence-corrected chi connectivity index (χ1v) is 8.42. The molecule has 4 nitrogen and oxygen atoms in total. The van der Waals surface area contributed by atoms with Crippen molar-refractivity contribution in [2.75, 3.05) is 32.8 Å². The van der Waals surface area contributed by atoms with E-state index in [1.807, 2.05) is 37.3 Å². The Morgan fingerprint density at radius 3 is 2.87 bits per heavy atom. The van der Waals surface area contributed by atoms with Gasteiger partial charge in [0.25, 0.3) is 0 Å². The highest BCUT2D eigenvalue weighted by Gasteiger charge is 2.42. The summed E-state index contributed by atoms with van der Waals surface area (Å²) in [5.41, 5.74) is 0.642. The molecule has 0 saturated carbocycles. The van der Waals surface area contributed by atoms with Gasteiger partial charge in [-0.1, -0.05) is 42.5 Å². The summed E-state index contributed by atoms with van der Waals surface area (Å²) < 4.78 is 5.35. The molecule has 4 heteroatoms. The Morgan fingerprint density at radius 2 is 2.17 bits per heavy atom. The molecule has 23 heavy (non-hydrogen) atoms. The minimum atomic E-state index is -0.491. The van der Waals surface area contributed by atoms with Crippen LogP contribution in [0.5, 0.6) is 0 Å². The lowest BCUT2D eigenvalue weighted by atomic mass is 9.76. The van der Waals surface area contributed by atoms with Crippen molar-refractivity contribution < 1.29 is 14.6 Å². The van der Waals surface area contributed by atoms with Crippen LogP contribution in [0.2, 0.25) is 0 Å². The average Bonchev–Trinajstić information content (AvgIpc) is 2.57. The number of aliphatic hydroxyl groups is 1. The van der Waals surface area contributed by atoms with E-state index in [1.165, 1.54) is 0 Å². The standard InChI is InChI=1S/C19H27NO3/c1-2-23-18(22)19(12-7-13-20(16-19)14-15-21)11-6-10-17-8-4-3-5-9-17/h3-6,8-10,21H,2,7,11-16H2,1H3/b10-6+/t19-/m1/s1. The van der Waals surface area contributed by atoms with Gasteiger partial charge in [-0.05, 0) is 38.3 Å². The smallest absolute Gasteiger partial charge is 0.313 e. The maximum atomic E-state index is 12.6. The molecule has 1 aliphatic heterocycles. The summed E-state index contributed by atoms with van der Waals surface area (Å²) in [5, 5.41) is 9.18. The molecule has 126 valence electrons. The van der Waals surface area contributed by atoms with Crippen LogP contribution in [0.1, 0.15) is 31.7 Å². The normalized spacial score (nSPS) is 22.3. The van der Waals surface area contributed by atoms with Gasteiger partial charge in [-0.15, -0.1) is 0 Å². The molecule has 1 aromatic carbocycles. The van der Waals surface area contributed by atoms with Gasteiger partial charge >= 0.3 is 5.97 Å². The van der Waals surface area contributed by atoms with Gasteiger partial charge in [-0.25, -0.2) is 0 Å². The van der Waals surface area contributed by atoms with Gasteiger partial charge in [0.05, 0.1) is 18.6 Å². The molecule has 0 spiro atoms. The van der Waals surface area contributed by atoms with Crippen LogP contribution in [-0.4, -0.2) is 48.8 Å². The Hall–Kier alpha value is -1.65. The Labute approximate surface area is 138 Å². The minimum Gasteiger partial charge on any atom is -0.466 e. The predicted octanol–water partition coefficient (Wildman–Crippen LogP) is 2.73. The van der Waals surface area contributed by atoms with Crippen LogP contribution < -0.4 is 0 Å². The third-order valence-electron chi connectivity index (χ3n) is 4.40. The van der Waals surface area contributed by atoms with Crippen molar-refractivity contribution in [1.82, 2.24) is 4.90 Å². The van der Waals surface area contributed by atoms with E-state index < -0.39 is 5.41 Å². The van der Waals surface area contributed by atoms with E-state index in [0.717, 1.165) is 24.9 Å². The zero-order chi connectivity index (χ0) is 16.5. The van der Waals surface area contributed by atoms with Gasteiger partial charge in [-0.2, -0.15) is 0 Å². The molecule has 0 bridgehead atoms.